The molecule has 0 unspecified atom stereocenters. The Bertz CT molecular complexity index is 950. The van der Waals surface area contributed by atoms with Gasteiger partial charge in [-0.2, -0.15) is 5.10 Å². The molecule has 3 aromatic rings. The molecule has 0 radical (unpaired) electrons. The molecule has 0 bridgehead atoms. The van der Waals surface area contributed by atoms with Crippen molar-refractivity contribution in [2.24, 2.45) is 0 Å². The SMILES string of the molecule is Cc1cc(C)n(CC(=O)NNC(=O)COc2ccc(-c3ccccc3)cc2)n1. The maximum Gasteiger partial charge on any atom is 0.276 e. The van der Waals surface area contributed by atoms with Crippen LogP contribution < -0.4 is 15.6 Å². The fourth-order valence-electron chi connectivity index (χ4n) is 2.71. The number of aryl methyl sites for hydroxylation is 2. The summed E-state index contributed by atoms with van der Waals surface area (Å²) in [5.74, 6) is -0.246. The van der Waals surface area contributed by atoms with Gasteiger partial charge in [-0.05, 0) is 43.2 Å². The molecular weight excluding hydrogens is 356 g/mol. The summed E-state index contributed by atoms with van der Waals surface area (Å²) in [5.41, 5.74) is 8.57. The van der Waals surface area contributed by atoms with Gasteiger partial charge in [-0.15, -0.1) is 0 Å². The zero-order chi connectivity index (χ0) is 19.9. The maximum absolute atomic E-state index is 11.9. The monoisotopic (exact) mass is 378 g/mol. The van der Waals surface area contributed by atoms with E-state index in [-0.39, 0.29) is 19.1 Å². The standard InChI is InChI=1S/C21H22N4O3/c1-15-12-16(2)25(24-15)13-20(26)22-23-21(27)14-28-19-10-8-18(9-11-19)17-6-4-3-5-7-17/h3-12H,13-14H2,1-2H3,(H,22,26)(H,23,27). The van der Waals surface area contributed by atoms with Crippen molar-refractivity contribution in [3.05, 3.63) is 72.1 Å². The lowest BCUT2D eigenvalue weighted by atomic mass is 10.1. The molecule has 2 amide bonds. The minimum atomic E-state index is -0.450. The van der Waals surface area contributed by atoms with Gasteiger partial charge in [0.15, 0.2) is 6.61 Å². The molecule has 2 N–H and O–H groups in total. The van der Waals surface area contributed by atoms with Crippen LogP contribution in [0.4, 0.5) is 0 Å². The lowest BCUT2D eigenvalue weighted by Gasteiger charge is -2.10. The molecule has 0 aliphatic heterocycles. The summed E-state index contributed by atoms with van der Waals surface area (Å²) in [4.78, 5) is 23.8. The lowest BCUT2D eigenvalue weighted by Crippen LogP contribution is -2.45. The van der Waals surface area contributed by atoms with Crippen LogP contribution in [-0.4, -0.2) is 28.2 Å². The lowest BCUT2D eigenvalue weighted by molar-refractivity contribution is -0.130. The van der Waals surface area contributed by atoms with Crippen molar-refractivity contribution >= 4 is 11.8 Å². The van der Waals surface area contributed by atoms with Gasteiger partial charge in [-0.25, -0.2) is 0 Å². The number of hydrogen-bond donors (Lipinski definition) is 2. The highest BCUT2D eigenvalue weighted by atomic mass is 16.5. The Hall–Kier alpha value is -3.61. The normalized spacial score (nSPS) is 10.4. The summed E-state index contributed by atoms with van der Waals surface area (Å²) in [5, 5.41) is 4.20. The fraction of sp³-hybridized carbons (Fsp3) is 0.190. The largest absolute Gasteiger partial charge is 0.484 e. The second-order valence-corrected chi connectivity index (χ2v) is 6.36. The molecule has 1 heterocycles. The number of ether oxygens (including phenoxy) is 1. The van der Waals surface area contributed by atoms with E-state index in [4.69, 9.17) is 4.74 Å². The van der Waals surface area contributed by atoms with Crippen LogP contribution in [0.5, 0.6) is 5.75 Å². The van der Waals surface area contributed by atoms with Crippen LogP contribution in [0.3, 0.4) is 0 Å². The van der Waals surface area contributed by atoms with Crippen molar-refractivity contribution in [2.75, 3.05) is 6.61 Å². The number of aromatic nitrogens is 2. The highest BCUT2D eigenvalue weighted by molar-refractivity contribution is 5.82. The Morgan fingerprint density at radius 1 is 0.929 bits per heavy atom. The van der Waals surface area contributed by atoms with Crippen LogP contribution in [0, 0.1) is 13.8 Å². The molecule has 0 saturated carbocycles. The molecule has 0 fully saturated rings. The van der Waals surface area contributed by atoms with Crippen molar-refractivity contribution in [1.29, 1.82) is 0 Å². The zero-order valence-corrected chi connectivity index (χ0v) is 15.8. The van der Waals surface area contributed by atoms with Crippen LogP contribution in [0.15, 0.2) is 60.7 Å². The number of nitrogens with one attached hydrogen (secondary N) is 2. The van der Waals surface area contributed by atoms with E-state index in [1.165, 1.54) is 0 Å². The number of amides is 2. The molecule has 0 saturated heterocycles. The van der Waals surface area contributed by atoms with E-state index < -0.39 is 5.91 Å². The number of hydrogen-bond acceptors (Lipinski definition) is 4. The van der Waals surface area contributed by atoms with E-state index in [0.29, 0.717) is 5.75 Å². The van der Waals surface area contributed by atoms with Crippen LogP contribution in [0.2, 0.25) is 0 Å². The van der Waals surface area contributed by atoms with Gasteiger partial charge in [0, 0.05) is 5.69 Å². The zero-order valence-electron chi connectivity index (χ0n) is 15.8. The van der Waals surface area contributed by atoms with Crippen LogP contribution in [0.25, 0.3) is 11.1 Å². The van der Waals surface area contributed by atoms with Crippen molar-refractivity contribution in [1.82, 2.24) is 20.6 Å². The third-order valence-corrected chi connectivity index (χ3v) is 4.07. The molecule has 144 valence electrons. The smallest absolute Gasteiger partial charge is 0.276 e. The maximum atomic E-state index is 11.9. The number of carbonyl (C=O) groups is 2. The van der Waals surface area contributed by atoms with Gasteiger partial charge in [-0.3, -0.25) is 25.1 Å². The van der Waals surface area contributed by atoms with E-state index in [9.17, 15) is 9.59 Å². The molecular formula is C21H22N4O3. The summed E-state index contributed by atoms with van der Waals surface area (Å²) in [6, 6.07) is 19.3. The minimum Gasteiger partial charge on any atom is -0.484 e. The summed E-state index contributed by atoms with van der Waals surface area (Å²) in [6.45, 7) is 3.54. The molecule has 28 heavy (non-hydrogen) atoms. The molecule has 0 spiro atoms. The second kappa shape index (κ2) is 8.85. The predicted molar refractivity (Wildman–Crippen MR) is 105 cm³/mol. The Labute approximate surface area is 163 Å². The Morgan fingerprint density at radius 2 is 1.57 bits per heavy atom. The average molecular weight is 378 g/mol. The number of hydrazine groups is 1. The average Bonchev–Trinajstić information content (AvgIpc) is 3.02. The first-order valence-corrected chi connectivity index (χ1v) is 8.88. The molecule has 7 nitrogen and oxygen atoms in total. The van der Waals surface area contributed by atoms with E-state index in [1.807, 2.05) is 62.4 Å². The third-order valence-electron chi connectivity index (χ3n) is 4.07. The molecule has 0 atom stereocenters. The van der Waals surface area contributed by atoms with Crippen molar-refractivity contribution in [3.8, 4) is 16.9 Å². The highest BCUT2D eigenvalue weighted by Crippen LogP contribution is 2.21. The first-order chi connectivity index (χ1) is 13.5. The first kappa shape index (κ1) is 19.2. The van der Waals surface area contributed by atoms with Crippen molar-refractivity contribution < 1.29 is 14.3 Å². The van der Waals surface area contributed by atoms with Gasteiger partial charge in [0.05, 0.1) is 5.69 Å². The first-order valence-electron chi connectivity index (χ1n) is 8.88. The van der Waals surface area contributed by atoms with Crippen molar-refractivity contribution in [3.63, 3.8) is 0 Å². The molecule has 1 aromatic heterocycles. The highest BCUT2D eigenvalue weighted by Gasteiger charge is 2.09. The van der Waals surface area contributed by atoms with Crippen molar-refractivity contribution in [2.45, 2.75) is 20.4 Å². The van der Waals surface area contributed by atoms with E-state index in [1.54, 1.807) is 16.8 Å². The number of nitrogens with zero attached hydrogens (tertiary/aromatic N) is 2. The topological polar surface area (TPSA) is 85.2 Å². The molecule has 0 aliphatic carbocycles. The van der Waals surface area contributed by atoms with E-state index in [2.05, 4.69) is 16.0 Å². The Balaban J connectivity index is 1.43. The van der Waals surface area contributed by atoms with Gasteiger partial charge >= 0.3 is 0 Å². The van der Waals surface area contributed by atoms with E-state index in [0.717, 1.165) is 22.5 Å². The van der Waals surface area contributed by atoms with Crippen LogP contribution in [0.1, 0.15) is 11.4 Å². The Morgan fingerprint density at radius 3 is 2.21 bits per heavy atom. The molecule has 3 rings (SSSR count). The third kappa shape index (κ3) is 5.20. The van der Waals surface area contributed by atoms with E-state index >= 15 is 0 Å². The van der Waals surface area contributed by atoms with Gasteiger partial charge < -0.3 is 4.74 Å². The Kier molecular flexibility index (Phi) is 6.06. The number of benzene rings is 2. The minimum absolute atomic E-state index is 0.0295. The second-order valence-electron chi connectivity index (χ2n) is 6.36. The van der Waals surface area contributed by atoms with Gasteiger partial charge in [0.1, 0.15) is 12.3 Å². The van der Waals surface area contributed by atoms with Crippen LogP contribution >= 0.6 is 0 Å². The van der Waals surface area contributed by atoms with Gasteiger partial charge in [-0.1, -0.05) is 42.5 Å². The summed E-state index contributed by atoms with van der Waals surface area (Å²) in [6.07, 6.45) is 0. The number of rotatable bonds is 6. The molecule has 0 aliphatic rings. The van der Waals surface area contributed by atoms with Gasteiger partial charge in [0.2, 0.25) is 0 Å². The molecule has 7 heteroatoms. The van der Waals surface area contributed by atoms with Gasteiger partial charge in [0.25, 0.3) is 11.8 Å². The summed E-state index contributed by atoms with van der Waals surface area (Å²) in [7, 11) is 0. The quantitative estimate of drug-likeness (QED) is 0.645. The summed E-state index contributed by atoms with van der Waals surface area (Å²) < 4.78 is 7.02. The molecule has 2 aromatic carbocycles. The fourth-order valence-corrected chi connectivity index (χ4v) is 2.71. The predicted octanol–water partition coefficient (Wildman–Crippen LogP) is 2.39. The summed E-state index contributed by atoms with van der Waals surface area (Å²) >= 11 is 0. The van der Waals surface area contributed by atoms with Crippen LogP contribution in [-0.2, 0) is 16.1 Å². The number of carbonyl (C=O) groups excluding carboxylic acids is 2.